The molecular formula is C19H21FN2O3S. The highest BCUT2D eigenvalue weighted by Gasteiger charge is 2.30. The molecule has 1 aliphatic heterocycles. The number of hydrogen-bond acceptors (Lipinski definition) is 3. The fourth-order valence-corrected chi connectivity index (χ4v) is 4.78. The SMILES string of the molecule is C[C@H]1CCCCN1S(=O)(=O)c1ccc(C(=O)Nc2ccc(F)cc2)cc1. The van der Waals surface area contributed by atoms with Gasteiger partial charge in [0.05, 0.1) is 4.90 Å². The molecule has 3 rings (SSSR count). The van der Waals surface area contributed by atoms with Crippen LogP contribution in [0.25, 0.3) is 0 Å². The molecule has 1 atom stereocenters. The topological polar surface area (TPSA) is 66.5 Å². The molecule has 0 aromatic heterocycles. The van der Waals surface area contributed by atoms with E-state index in [9.17, 15) is 17.6 Å². The Balaban J connectivity index is 1.75. The molecule has 1 N–H and O–H groups in total. The highest BCUT2D eigenvalue weighted by molar-refractivity contribution is 7.89. The van der Waals surface area contributed by atoms with Gasteiger partial charge >= 0.3 is 0 Å². The highest BCUT2D eigenvalue weighted by atomic mass is 32.2. The summed E-state index contributed by atoms with van der Waals surface area (Å²) in [6, 6.07) is 11.3. The van der Waals surface area contributed by atoms with Crippen LogP contribution in [0.1, 0.15) is 36.5 Å². The fraction of sp³-hybridized carbons (Fsp3) is 0.316. The van der Waals surface area contributed by atoms with Crippen LogP contribution in [0.15, 0.2) is 53.4 Å². The van der Waals surface area contributed by atoms with E-state index in [1.165, 1.54) is 52.8 Å². The van der Waals surface area contributed by atoms with Gasteiger partial charge in [0.1, 0.15) is 5.82 Å². The molecule has 1 saturated heterocycles. The van der Waals surface area contributed by atoms with Gasteiger partial charge in [-0.3, -0.25) is 4.79 Å². The maximum absolute atomic E-state index is 12.9. The summed E-state index contributed by atoms with van der Waals surface area (Å²) in [6.45, 7) is 2.44. The summed E-state index contributed by atoms with van der Waals surface area (Å²) in [6.07, 6.45) is 2.76. The van der Waals surface area contributed by atoms with Gasteiger partial charge in [-0.15, -0.1) is 0 Å². The zero-order chi connectivity index (χ0) is 18.7. The van der Waals surface area contributed by atoms with Gasteiger partial charge in [0.2, 0.25) is 10.0 Å². The number of anilines is 1. The third-order valence-corrected chi connectivity index (χ3v) is 6.60. The first-order valence-electron chi connectivity index (χ1n) is 8.57. The van der Waals surface area contributed by atoms with Gasteiger partial charge in [-0.05, 0) is 68.3 Å². The summed E-state index contributed by atoms with van der Waals surface area (Å²) in [5.41, 5.74) is 0.801. The normalized spacial score (nSPS) is 18.5. The molecule has 1 aliphatic rings. The van der Waals surface area contributed by atoms with Gasteiger partial charge < -0.3 is 5.32 Å². The first-order chi connectivity index (χ1) is 12.4. The number of amides is 1. The fourth-order valence-electron chi connectivity index (χ4n) is 3.08. The molecular weight excluding hydrogens is 355 g/mol. The Kier molecular flexibility index (Phi) is 5.38. The minimum atomic E-state index is -3.56. The average Bonchev–Trinajstić information content (AvgIpc) is 2.64. The zero-order valence-electron chi connectivity index (χ0n) is 14.5. The van der Waals surface area contributed by atoms with E-state index in [-0.39, 0.29) is 22.7 Å². The predicted molar refractivity (Wildman–Crippen MR) is 98.0 cm³/mol. The molecule has 2 aromatic carbocycles. The van der Waals surface area contributed by atoms with Crippen LogP contribution in [0.4, 0.5) is 10.1 Å². The van der Waals surface area contributed by atoms with Crippen molar-refractivity contribution in [1.82, 2.24) is 4.31 Å². The number of halogens is 1. The van der Waals surface area contributed by atoms with E-state index in [0.29, 0.717) is 17.8 Å². The Labute approximate surface area is 152 Å². The number of hydrogen-bond donors (Lipinski definition) is 1. The molecule has 2 aromatic rings. The molecule has 7 heteroatoms. The summed E-state index contributed by atoms with van der Waals surface area (Å²) in [5.74, 6) is -0.767. The number of nitrogens with zero attached hydrogens (tertiary/aromatic N) is 1. The number of rotatable bonds is 4. The average molecular weight is 376 g/mol. The van der Waals surface area contributed by atoms with Crippen LogP contribution < -0.4 is 5.32 Å². The minimum Gasteiger partial charge on any atom is -0.322 e. The molecule has 0 radical (unpaired) electrons. The van der Waals surface area contributed by atoms with Crippen LogP contribution in [0.3, 0.4) is 0 Å². The number of benzene rings is 2. The van der Waals surface area contributed by atoms with E-state index in [1.54, 1.807) is 0 Å². The Morgan fingerprint density at radius 1 is 1.08 bits per heavy atom. The van der Waals surface area contributed by atoms with E-state index >= 15 is 0 Å². The summed E-state index contributed by atoms with van der Waals surface area (Å²) >= 11 is 0. The van der Waals surface area contributed by atoms with Gasteiger partial charge in [-0.25, -0.2) is 12.8 Å². The van der Waals surface area contributed by atoms with Crippen molar-refractivity contribution in [1.29, 1.82) is 0 Å². The van der Waals surface area contributed by atoms with Crippen molar-refractivity contribution in [2.75, 3.05) is 11.9 Å². The quantitative estimate of drug-likeness (QED) is 0.886. The first-order valence-corrected chi connectivity index (χ1v) is 10.0. The van der Waals surface area contributed by atoms with Gasteiger partial charge in [-0.1, -0.05) is 6.42 Å². The van der Waals surface area contributed by atoms with Crippen molar-refractivity contribution in [3.8, 4) is 0 Å². The summed E-state index contributed by atoms with van der Waals surface area (Å²) < 4.78 is 40.0. The Morgan fingerprint density at radius 3 is 2.35 bits per heavy atom. The molecule has 138 valence electrons. The summed E-state index contributed by atoms with van der Waals surface area (Å²) in [7, 11) is -3.56. The molecule has 0 bridgehead atoms. The third-order valence-electron chi connectivity index (χ3n) is 4.57. The van der Waals surface area contributed by atoms with Crippen LogP contribution in [0.2, 0.25) is 0 Å². The zero-order valence-corrected chi connectivity index (χ0v) is 15.3. The first kappa shape index (κ1) is 18.5. The molecule has 0 spiro atoms. The van der Waals surface area contributed by atoms with E-state index < -0.39 is 10.0 Å². The molecule has 0 unspecified atom stereocenters. The lowest BCUT2D eigenvalue weighted by Gasteiger charge is -2.32. The maximum atomic E-state index is 12.9. The second-order valence-electron chi connectivity index (χ2n) is 6.45. The van der Waals surface area contributed by atoms with Crippen molar-refractivity contribution < 1.29 is 17.6 Å². The Hall–Kier alpha value is -2.25. The van der Waals surface area contributed by atoms with Crippen LogP contribution in [0, 0.1) is 5.82 Å². The molecule has 0 aliphatic carbocycles. The highest BCUT2D eigenvalue weighted by Crippen LogP contribution is 2.25. The molecule has 1 heterocycles. The molecule has 1 amide bonds. The number of nitrogens with one attached hydrogen (secondary N) is 1. The number of carbonyl (C=O) groups excluding carboxylic acids is 1. The van der Waals surface area contributed by atoms with E-state index in [2.05, 4.69) is 5.32 Å². The van der Waals surface area contributed by atoms with Gasteiger partial charge in [0.25, 0.3) is 5.91 Å². The monoisotopic (exact) mass is 376 g/mol. The summed E-state index contributed by atoms with van der Waals surface area (Å²) in [4.78, 5) is 12.4. The van der Waals surface area contributed by atoms with Crippen molar-refractivity contribution in [2.24, 2.45) is 0 Å². The molecule has 0 saturated carbocycles. The summed E-state index contributed by atoms with van der Waals surface area (Å²) in [5, 5.41) is 2.65. The van der Waals surface area contributed by atoms with Crippen molar-refractivity contribution in [3.05, 3.63) is 59.9 Å². The molecule has 1 fully saturated rings. The molecule has 26 heavy (non-hydrogen) atoms. The minimum absolute atomic E-state index is 0.0183. The largest absolute Gasteiger partial charge is 0.322 e. The van der Waals surface area contributed by atoms with Crippen molar-refractivity contribution in [2.45, 2.75) is 37.1 Å². The Morgan fingerprint density at radius 2 is 1.73 bits per heavy atom. The number of piperidine rings is 1. The van der Waals surface area contributed by atoms with Crippen molar-refractivity contribution in [3.63, 3.8) is 0 Å². The van der Waals surface area contributed by atoms with E-state index in [0.717, 1.165) is 19.3 Å². The van der Waals surface area contributed by atoms with E-state index in [1.807, 2.05) is 6.92 Å². The van der Waals surface area contributed by atoms with Gasteiger partial charge in [0.15, 0.2) is 0 Å². The number of carbonyl (C=O) groups is 1. The second-order valence-corrected chi connectivity index (χ2v) is 8.34. The van der Waals surface area contributed by atoms with Gasteiger partial charge in [0, 0.05) is 23.8 Å². The van der Waals surface area contributed by atoms with Gasteiger partial charge in [-0.2, -0.15) is 4.31 Å². The lowest BCUT2D eigenvalue weighted by atomic mass is 10.1. The molecule has 5 nitrogen and oxygen atoms in total. The second kappa shape index (κ2) is 7.55. The smallest absolute Gasteiger partial charge is 0.255 e. The predicted octanol–water partition coefficient (Wildman–Crippen LogP) is 3.64. The van der Waals surface area contributed by atoms with Crippen LogP contribution in [-0.2, 0) is 10.0 Å². The van der Waals surface area contributed by atoms with Crippen LogP contribution in [-0.4, -0.2) is 31.2 Å². The lowest BCUT2D eigenvalue weighted by molar-refractivity contribution is 0.102. The van der Waals surface area contributed by atoms with E-state index in [4.69, 9.17) is 0 Å². The third kappa shape index (κ3) is 3.94. The number of sulfonamides is 1. The maximum Gasteiger partial charge on any atom is 0.255 e. The van der Waals surface area contributed by atoms with Crippen LogP contribution >= 0.6 is 0 Å². The standard InChI is InChI=1S/C19H21FN2O3S/c1-14-4-2-3-13-22(14)26(24,25)18-11-5-15(6-12-18)19(23)21-17-9-7-16(20)8-10-17/h5-12,14H,2-4,13H2,1H3,(H,21,23)/t14-/m0/s1. The lowest BCUT2D eigenvalue weighted by Crippen LogP contribution is -2.41. The van der Waals surface area contributed by atoms with Crippen LogP contribution in [0.5, 0.6) is 0 Å². The Bertz CT molecular complexity index is 880. The van der Waals surface area contributed by atoms with Crippen molar-refractivity contribution >= 4 is 21.6 Å².